The first kappa shape index (κ1) is 14.5. The molecule has 6 nitrogen and oxygen atoms in total. The van der Waals surface area contributed by atoms with Crippen molar-refractivity contribution in [3.63, 3.8) is 0 Å². The fourth-order valence-corrected chi connectivity index (χ4v) is 2.68. The molecule has 0 fully saturated rings. The third-order valence-electron chi connectivity index (χ3n) is 2.82. The molecule has 0 aliphatic heterocycles. The monoisotopic (exact) mass is 294 g/mol. The maximum Gasteiger partial charge on any atom is 0.358 e. The highest BCUT2D eigenvalue weighted by atomic mass is 32.1. The summed E-state index contributed by atoms with van der Waals surface area (Å²) in [7, 11) is 0. The standard InChI is InChI=1S/C13H18N4O2S/c1-4-9(11-14-6-7-15-11)16-13-17-10(8(3)20-13)12(18)19-5-2/h6-7,9H,4-5H2,1-3H3,(H,14,15)(H,16,17). The number of hydrogen-bond acceptors (Lipinski definition) is 6. The number of anilines is 1. The Morgan fingerprint density at radius 3 is 2.95 bits per heavy atom. The SMILES string of the molecule is CCOC(=O)c1nc(NC(CC)c2ncc[nH]2)sc1C. The molecule has 0 amide bonds. The smallest absolute Gasteiger partial charge is 0.358 e. The fourth-order valence-electron chi connectivity index (χ4n) is 1.83. The molecule has 2 aromatic rings. The lowest BCUT2D eigenvalue weighted by molar-refractivity contribution is 0.0519. The molecule has 0 aliphatic carbocycles. The van der Waals surface area contributed by atoms with Gasteiger partial charge in [-0.25, -0.2) is 14.8 Å². The lowest BCUT2D eigenvalue weighted by Gasteiger charge is -2.13. The van der Waals surface area contributed by atoms with E-state index in [1.165, 1.54) is 11.3 Å². The van der Waals surface area contributed by atoms with Crippen molar-refractivity contribution < 1.29 is 9.53 Å². The van der Waals surface area contributed by atoms with Crippen molar-refractivity contribution in [2.75, 3.05) is 11.9 Å². The van der Waals surface area contributed by atoms with Crippen LogP contribution in [0.5, 0.6) is 0 Å². The summed E-state index contributed by atoms with van der Waals surface area (Å²) < 4.78 is 4.98. The number of aryl methyl sites for hydroxylation is 1. The number of ether oxygens (including phenoxy) is 1. The molecule has 0 saturated carbocycles. The number of aromatic nitrogens is 3. The van der Waals surface area contributed by atoms with Crippen LogP contribution in [0.1, 0.15) is 47.5 Å². The summed E-state index contributed by atoms with van der Waals surface area (Å²) in [5, 5.41) is 4.00. The second kappa shape index (κ2) is 6.51. The molecule has 1 unspecified atom stereocenters. The topological polar surface area (TPSA) is 79.9 Å². The van der Waals surface area contributed by atoms with E-state index in [2.05, 4.69) is 27.2 Å². The Bertz CT molecular complexity index is 565. The largest absolute Gasteiger partial charge is 0.461 e. The van der Waals surface area contributed by atoms with Crippen molar-refractivity contribution in [3.05, 3.63) is 28.8 Å². The Morgan fingerprint density at radius 1 is 1.55 bits per heavy atom. The molecule has 2 heterocycles. The molecule has 2 N–H and O–H groups in total. The van der Waals surface area contributed by atoms with Gasteiger partial charge in [-0.15, -0.1) is 11.3 Å². The van der Waals surface area contributed by atoms with E-state index >= 15 is 0 Å². The molecule has 0 aliphatic rings. The van der Waals surface area contributed by atoms with Crippen LogP contribution in [0.4, 0.5) is 5.13 Å². The Hall–Kier alpha value is -1.89. The van der Waals surface area contributed by atoms with Crippen LogP contribution in [0.15, 0.2) is 12.4 Å². The highest BCUT2D eigenvalue weighted by Crippen LogP contribution is 2.27. The van der Waals surface area contributed by atoms with Gasteiger partial charge in [-0.1, -0.05) is 6.92 Å². The number of rotatable bonds is 6. The van der Waals surface area contributed by atoms with Gasteiger partial charge in [-0.3, -0.25) is 0 Å². The molecule has 0 aromatic carbocycles. The van der Waals surface area contributed by atoms with Gasteiger partial charge in [-0.05, 0) is 20.3 Å². The van der Waals surface area contributed by atoms with Crippen LogP contribution in [0.3, 0.4) is 0 Å². The van der Waals surface area contributed by atoms with E-state index in [9.17, 15) is 4.79 Å². The number of thiazole rings is 1. The van der Waals surface area contributed by atoms with E-state index in [1.54, 1.807) is 19.3 Å². The zero-order valence-corrected chi connectivity index (χ0v) is 12.6. The highest BCUT2D eigenvalue weighted by molar-refractivity contribution is 7.15. The van der Waals surface area contributed by atoms with Gasteiger partial charge >= 0.3 is 5.97 Å². The van der Waals surface area contributed by atoms with Crippen molar-refractivity contribution in [1.82, 2.24) is 15.0 Å². The fraction of sp³-hybridized carbons (Fsp3) is 0.462. The molecular weight excluding hydrogens is 276 g/mol. The third kappa shape index (κ3) is 3.16. The minimum absolute atomic E-state index is 0.0468. The van der Waals surface area contributed by atoms with Crippen molar-refractivity contribution in [3.8, 4) is 0 Å². The molecule has 2 aromatic heterocycles. The van der Waals surface area contributed by atoms with Gasteiger partial charge in [-0.2, -0.15) is 0 Å². The number of esters is 1. The number of aromatic amines is 1. The lowest BCUT2D eigenvalue weighted by Crippen LogP contribution is -2.12. The van der Waals surface area contributed by atoms with Gasteiger partial charge < -0.3 is 15.0 Å². The Kier molecular flexibility index (Phi) is 4.73. The quantitative estimate of drug-likeness (QED) is 0.801. The second-order valence-electron chi connectivity index (χ2n) is 4.22. The molecule has 0 spiro atoms. The molecule has 0 radical (unpaired) electrons. The van der Waals surface area contributed by atoms with Gasteiger partial charge in [0.05, 0.1) is 12.6 Å². The molecular formula is C13H18N4O2S. The van der Waals surface area contributed by atoms with Gasteiger partial charge in [0.2, 0.25) is 0 Å². The van der Waals surface area contributed by atoms with Crippen LogP contribution < -0.4 is 5.32 Å². The van der Waals surface area contributed by atoms with E-state index in [4.69, 9.17) is 4.74 Å². The van der Waals surface area contributed by atoms with Crippen LogP contribution >= 0.6 is 11.3 Å². The Morgan fingerprint density at radius 2 is 2.35 bits per heavy atom. The Labute approximate surface area is 121 Å². The van der Waals surface area contributed by atoms with E-state index < -0.39 is 0 Å². The van der Waals surface area contributed by atoms with E-state index in [0.717, 1.165) is 17.1 Å². The molecule has 1 atom stereocenters. The third-order valence-corrected chi connectivity index (χ3v) is 3.72. The minimum Gasteiger partial charge on any atom is -0.461 e. The first-order valence-electron chi connectivity index (χ1n) is 6.56. The number of imidazole rings is 1. The van der Waals surface area contributed by atoms with Gasteiger partial charge in [0.25, 0.3) is 0 Å². The van der Waals surface area contributed by atoms with Gasteiger partial charge in [0, 0.05) is 17.3 Å². The zero-order chi connectivity index (χ0) is 14.5. The molecule has 108 valence electrons. The van der Waals surface area contributed by atoms with E-state index in [-0.39, 0.29) is 12.0 Å². The average molecular weight is 294 g/mol. The maximum atomic E-state index is 11.7. The number of nitrogens with zero attached hydrogens (tertiary/aromatic N) is 2. The van der Waals surface area contributed by atoms with Gasteiger partial charge in [0.1, 0.15) is 5.82 Å². The summed E-state index contributed by atoms with van der Waals surface area (Å²) >= 11 is 1.44. The normalized spacial score (nSPS) is 12.2. The van der Waals surface area contributed by atoms with Crippen LogP contribution in [0.2, 0.25) is 0 Å². The lowest BCUT2D eigenvalue weighted by atomic mass is 10.2. The van der Waals surface area contributed by atoms with Crippen LogP contribution in [0.25, 0.3) is 0 Å². The van der Waals surface area contributed by atoms with Gasteiger partial charge in [0.15, 0.2) is 10.8 Å². The number of carbonyl (C=O) groups is 1. The van der Waals surface area contributed by atoms with Crippen LogP contribution in [0, 0.1) is 6.92 Å². The predicted molar refractivity (Wildman–Crippen MR) is 78.0 cm³/mol. The predicted octanol–water partition coefficient (Wildman–Crippen LogP) is 2.91. The zero-order valence-electron chi connectivity index (χ0n) is 11.8. The molecule has 7 heteroatoms. The number of nitrogens with one attached hydrogen (secondary N) is 2. The van der Waals surface area contributed by atoms with Crippen molar-refractivity contribution >= 4 is 22.4 Å². The first-order valence-corrected chi connectivity index (χ1v) is 7.37. The second-order valence-corrected chi connectivity index (χ2v) is 5.43. The van der Waals surface area contributed by atoms with Crippen molar-refractivity contribution in [2.45, 2.75) is 33.2 Å². The molecule has 2 rings (SSSR count). The summed E-state index contributed by atoms with van der Waals surface area (Å²) in [6, 6.07) is 0.0468. The molecule has 0 bridgehead atoms. The van der Waals surface area contributed by atoms with Crippen LogP contribution in [-0.2, 0) is 4.74 Å². The summed E-state index contributed by atoms with van der Waals surface area (Å²) in [5.41, 5.74) is 0.383. The minimum atomic E-state index is -0.375. The van der Waals surface area contributed by atoms with E-state index in [0.29, 0.717) is 17.4 Å². The van der Waals surface area contributed by atoms with Crippen LogP contribution in [-0.4, -0.2) is 27.5 Å². The molecule has 20 heavy (non-hydrogen) atoms. The average Bonchev–Trinajstić information content (AvgIpc) is 3.05. The van der Waals surface area contributed by atoms with E-state index in [1.807, 2.05) is 6.92 Å². The Balaban J connectivity index is 2.13. The van der Waals surface area contributed by atoms with Crippen molar-refractivity contribution in [1.29, 1.82) is 0 Å². The summed E-state index contributed by atoms with van der Waals surface area (Å²) in [4.78, 5) is 24.2. The number of hydrogen-bond donors (Lipinski definition) is 2. The summed E-state index contributed by atoms with van der Waals surface area (Å²) in [6.07, 6.45) is 4.37. The summed E-state index contributed by atoms with van der Waals surface area (Å²) in [5.74, 6) is 0.485. The van der Waals surface area contributed by atoms with Crippen molar-refractivity contribution in [2.24, 2.45) is 0 Å². The number of H-pyrrole nitrogens is 1. The number of carbonyl (C=O) groups excluding carboxylic acids is 1. The summed E-state index contributed by atoms with van der Waals surface area (Å²) in [6.45, 7) is 6.06. The molecule has 0 saturated heterocycles. The maximum absolute atomic E-state index is 11.7. The highest BCUT2D eigenvalue weighted by Gasteiger charge is 2.19. The first-order chi connectivity index (χ1) is 9.65.